The summed E-state index contributed by atoms with van der Waals surface area (Å²) in [6, 6.07) is 3.02. The van der Waals surface area contributed by atoms with Crippen LogP contribution in [0, 0.1) is 10.1 Å². The first-order valence-corrected chi connectivity index (χ1v) is 5.34. The zero-order valence-corrected chi connectivity index (χ0v) is 9.51. The average Bonchev–Trinajstić information content (AvgIpc) is 2.29. The third-order valence-electron chi connectivity index (χ3n) is 2.54. The zero-order valence-electron chi connectivity index (χ0n) is 9.51. The number of ether oxygens (including phenoxy) is 2. The summed E-state index contributed by atoms with van der Waals surface area (Å²) in [6.07, 6.45) is 1.90. The van der Waals surface area contributed by atoms with Crippen LogP contribution < -0.4 is 9.47 Å². The first-order valence-electron chi connectivity index (χ1n) is 5.34. The smallest absolute Gasteiger partial charge is 0.276 e. The van der Waals surface area contributed by atoms with Crippen molar-refractivity contribution in [2.45, 2.75) is 19.4 Å². The molecule has 1 atom stereocenters. The van der Waals surface area contributed by atoms with Crippen molar-refractivity contribution in [3.63, 3.8) is 0 Å². The van der Waals surface area contributed by atoms with Gasteiger partial charge < -0.3 is 9.47 Å². The molecule has 0 amide bonds. The Bertz CT molecular complexity index is 470. The van der Waals surface area contributed by atoms with E-state index in [0.717, 1.165) is 0 Å². The number of nitro groups is 1. The Hall–Kier alpha value is -2.04. The molecule has 0 spiro atoms. The molecule has 0 saturated carbocycles. The number of fused-ring (bicyclic) bond motifs is 1. The summed E-state index contributed by atoms with van der Waals surface area (Å²) >= 11 is 0. The number of hydrogen-bond donors (Lipinski definition) is 0. The molecule has 90 valence electrons. The lowest BCUT2D eigenvalue weighted by atomic mass is 10.1. The van der Waals surface area contributed by atoms with Gasteiger partial charge in [-0.25, -0.2) is 0 Å². The fourth-order valence-electron chi connectivity index (χ4n) is 1.79. The van der Waals surface area contributed by atoms with E-state index in [2.05, 4.69) is 6.58 Å². The van der Waals surface area contributed by atoms with Crippen LogP contribution in [0.2, 0.25) is 0 Å². The molecule has 5 nitrogen and oxygen atoms in total. The Labute approximate surface area is 98.8 Å². The van der Waals surface area contributed by atoms with Crippen molar-refractivity contribution < 1.29 is 14.4 Å². The maximum atomic E-state index is 10.9. The minimum absolute atomic E-state index is 0.0429. The first-order chi connectivity index (χ1) is 8.13. The van der Waals surface area contributed by atoms with Crippen molar-refractivity contribution in [2.24, 2.45) is 0 Å². The fraction of sp³-hybridized carbons (Fsp3) is 0.333. The second kappa shape index (κ2) is 4.45. The van der Waals surface area contributed by atoms with E-state index >= 15 is 0 Å². The van der Waals surface area contributed by atoms with Gasteiger partial charge >= 0.3 is 0 Å². The van der Waals surface area contributed by atoms with E-state index in [-0.39, 0.29) is 11.8 Å². The van der Waals surface area contributed by atoms with Crippen molar-refractivity contribution in [3.8, 4) is 11.5 Å². The number of nitrogens with zero attached hydrogens (tertiary/aromatic N) is 1. The molecule has 1 aliphatic rings. The van der Waals surface area contributed by atoms with Gasteiger partial charge in [-0.1, -0.05) is 6.08 Å². The lowest BCUT2D eigenvalue weighted by Gasteiger charge is -2.25. The van der Waals surface area contributed by atoms with Crippen LogP contribution in [0.15, 0.2) is 24.8 Å². The third kappa shape index (κ3) is 2.08. The van der Waals surface area contributed by atoms with Crippen molar-refractivity contribution >= 4 is 5.69 Å². The SMILES string of the molecule is C=CCc1c([N+](=O)[O-])ccc2c1OC(C)CO2. The van der Waals surface area contributed by atoms with Crippen molar-refractivity contribution in [3.05, 3.63) is 40.5 Å². The Morgan fingerprint density at radius 3 is 3.06 bits per heavy atom. The van der Waals surface area contributed by atoms with E-state index in [9.17, 15) is 10.1 Å². The van der Waals surface area contributed by atoms with Crippen molar-refractivity contribution in [2.75, 3.05) is 6.61 Å². The van der Waals surface area contributed by atoms with Crippen LogP contribution in [-0.2, 0) is 6.42 Å². The van der Waals surface area contributed by atoms with Gasteiger partial charge in [-0.2, -0.15) is 0 Å². The highest BCUT2D eigenvalue weighted by atomic mass is 16.6. The molecular formula is C12H13NO4. The summed E-state index contributed by atoms with van der Waals surface area (Å²) in [6.45, 7) is 5.92. The lowest BCUT2D eigenvalue weighted by Crippen LogP contribution is -2.26. The van der Waals surface area contributed by atoms with Crippen LogP contribution in [0.1, 0.15) is 12.5 Å². The normalized spacial score (nSPS) is 17.6. The summed E-state index contributed by atoms with van der Waals surface area (Å²) in [5, 5.41) is 10.9. The minimum atomic E-state index is -0.415. The molecule has 0 bridgehead atoms. The molecule has 1 aromatic carbocycles. The van der Waals surface area contributed by atoms with Crippen molar-refractivity contribution in [1.82, 2.24) is 0 Å². The number of allylic oxidation sites excluding steroid dienone is 1. The molecular weight excluding hydrogens is 222 g/mol. The van der Waals surface area contributed by atoms with Gasteiger partial charge in [-0.15, -0.1) is 6.58 Å². The van der Waals surface area contributed by atoms with E-state index in [4.69, 9.17) is 9.47 Å². The van der Waals surface area contributed by atoms with E-state index < -0.39 is 4.92 Å². The molecule has 0 aromatic heterocycles. The summed E-state index contributed by atoms with van der Waals surface area (Å²) in [7, 11) is 0. The molecule has 1 heterocycles. The van der Waals surface area contributed by atoms with Gasteiger partial charge in [0.1, 0.15) is 12.7 Å². The molecule has 0 fully saturated rings. The Morgan fingerprint density at radius 1 is 1.65 bits per heavy atom. The van der Waals surface area contributed by atoms with Crippen LogP contribution in [0.4, 0.5) is 5.69 Å². The molecule has 2 rings (SSSR count). The van der Waals surface area contributed by atoms with Gasteiger partial charge in [-0.3, -0.25) is 10.1 Å². The summed E-state index contributed by atoms with van der Waals surface area (Å²) in [5.41, 5.74) is 0.565. The zero-order chi connectivity index (χ0) is 12.4. The van der Waals surface area contributed by atoms with Crippen LogP contribution in [0.5, 0.6) is 11.5 Å². The second-order valence-corrected chi connectivity index (χ2v) is 3.88. The molecule has 0 radical (unpaired) electrons. The average molecular weight is 235 g/mol. The quantitative estimate of drug-likeness (QED) is 0.458. The van der Waals surface area contributed by atoms with E-state index in [0.29, 0.717) is 30.1 Å². The third-order valence-corrected chi connectivity index (χ3v) is 2.54. The predicted octanol–water partition coefficient (Wildman–Crippen LogP) is 2.48. The molecule has 1 unspecified atom stereocenters. The van der Waals surface area contributed by atoms with Crippen LogP contribution >= 0.6 is 0 Å². The van der Waals surface area contributed by atoms with E-state index in [1.165, 1.54) is 6.07 Å². The number of rotatable bonds is 3. The van der Waals surface area contributed by atoms with E-state index in [1.807, 2.05) is 6.92 Å². The van der Waals surface area contributed by atoms with Gasteiger partial charge in [0, 0.05) is 12.5 Å². The Kier molecular flexibility index (Phi) is 2.99. The van der Waals surface area contributed by atoms with Crippen molar-refractivity contribution in [1.29, 1.82) is 0 Å². The number of nitro benzene ring substituents is 1. The van der Waals surface area contributed by atoms with Crippen LogP contribution in [0.3, 0.4) is 0 Å². The maximum Gasteiger partial charge on any atom is 0.276 e. The largest absolute Gasteiger partial charge is 0.486 e. The molecule has 0 saturated heterocycles. The van der Waals surface area contributed by atoms with Gasteiger partial charge in [0.05, 0.1) is 10.5 Å². The summed E-state index contributed by atoms with van der Waals surface area (Å²) < 4.78 is 11.1. The van der Waals surface area contributed by atoms with Gasteiger partial charge in [0.25, 0.3) is 5.69 Å². The second-order valence-electron chi connectivity index (χ2n) is 3.88. The summed E-state index contributed by atoms with van der Waals surface area (Å²) in [5.74, 6) is 1.03. The molecule has 1 aliphatic heterocycles. The maximum absolute atomic E-state index is 10.9. The molecule has 5 heteroatoms. The Morgan fingerprint density at radius 2 is 2.41 bits per heavy atom. The number of hydrogen-bond acceptors (Lipinski definition) is 4. The summed E-state index contributed by atoms with van der Waals surface area (Å²) in [4.78, 5) is 10.5. The van der Waals surface area contributed by atoms with Gasteiger partial charge in [0.15, 0.2) is 11.5 Å². The molecule has 0 N–H and O–H groups in total. The lowest BCUT2D eigenvalue weighted by molar-refractivity contribution is -0.385. The monoisotopic (exact) mass is 235 g/mol. The first kappa shape index (κ1) is 11.4. The predicted molar refractivity (Wildman–Crippen MR) is 62.6 cm³/mol. The molecule has 17 heavy (non-hydrogen) atoms. The highest BCUT2D eigenvalue weighted by Crippen LogP contribution is 2.40. The molecule has 1 aromatic rings. The highest BCUT2D eigenvalue weighted by Gasteiger charge is 2.26. The van der Waals surface area contributed by atoms with Crippen LogP contribution in [-0.4, -0.2) is 17.6 Å². The number of benzene rings is 1. The van der Waals surface area contributed by atoms with E-state index in [1.54, 1.807) is 12.1 Å². The molecule has 0 aliphatic carbocycles. The minimum Gasteiger partial charge on any atom is -0.486 e. The topological polar surface area (TPSA) is 61.6 Å². The van der Waals surface area contributed by atoms with Crippen LogP contribution in [0.25, 0.3) is 0 Å². The standard InChI is InChI=1S/C12H13NO4/c1-3-4-9-10(13(14)15)5-6-11-12(9)17-8(2)7-16-11/h3,5-6,8H,1,4,7H2,2H3. The Balaban J connectivity index is 2.55. The fourth-order valence-corrected chi connectivity index (χ4v) is 1.79. The van der Waals surface area contributed by atoms with Gasteiger partial charge in [-0.05, 0) is 13.0 Å². The van der Waals surface area contributed by atoms with Gasteiger partial charge in [0.2, 0.25) is 0 Å². The highest BCUT2D eigenvalue weighted by molar-refractivity contribution is 5.58.